The summed E-state index contributed by atoms with van der Waals surface area (Å²) < 4.78 is 11.8. The minimum absolute atomic E-state index is 0.0133. The van der Waals surface area contributed by atoms with Crippen LogP contribution in [0.15, 0.2) is 66.7 Å². The van der Waals surface area contributed by atoms with Crippen LogP contribution in [0, 0.1) is 0 Å². The zero-order valence-electron chi connectivity index (χ0n) is 20.9. The second-order valence-corrected chi connectivity index (χ2v) is 9.28. The molecule has 6 heteroatoms. The molecule has 0 saturated carbocycles. The predicted molar refractivity (Wildman–Crippen MR) is 141 cm³/mol. The molecule has 0 aliphatic carbocycles. The highest BCUT2D eigenvalue weighted by Gasteiger charge is 2.23. The number of carbonyl (C=O) groups excluding carboxylic acids is 1. The lowest BCUT2D eigenvalue weighted by Gasteiger charge is -2.35. The molecule has 1 aliphatic rings. The number of nitrogens with zero attached hydrogens (tertiary/aromatic N) is 2. The molecule has 1 saturated heterocycles. The van der Waals surface area contributed by atoms with Gasteiger partial charge in [-0.1, -0.05) is 60.7 Å². The summed E-state index contributed by atoms with van der Waals surface area (Å²) in [6.45, 7) is 4.30. The van der Waals surface area contributed by atoms with Gasteiger partial charge in [-0.05, 0) is 62.0 Å². The number of fused-ring (bicyclic) bond motifs is 1. The topological polar surface area (TPSA) is 54.0 Å². The SMILES string of the molecule is CN1CCC(N(C)C(=O)NCCc2ccc(OCCOCc3ccccc3)c3ccccc23)CC1. The Bertz CT molecular complexity index is 1080. The molecule has 1 fully saturated rings. The van der Waals surface area contributed by atoms with Gasteiger partial charge in [0.2, 0.25) is 0 Å². The molecule has 6 nitrogen and oxygen atoms in total. The van der Waals surface area contributed by atoms with Gasteiger partial charge < -0.3 is 24.6 Å². The van der Waals surface area contributed by atoms with Gasteiger partial charge in [0.05, 0.1) is 13.2 Å². The fourth-order valence-corrected chi connectivity index (χ4v) is 4.63. The molecule has 0 spiro atoms. The summed E-state index contributed by atoms with van der Waals surface area (Å²) in [6.07, 6.45) is 2.83. The normalized spacial score (nSPS) is 14.7. The Morgan fingerprint density at radius 3 is 2.46 bits per heavy atom. The van der Waals surface area contributed by atoms with Crippen molar-refractivity contribution in [3.63, 3.8) is 0 Å². The van der Waals surface area contributed by atoms with Crippen LogP contribution >= 0.6 is 0 Å². The molecular formula is C29H37N3O3. The third-order valence-corrected chi connectivity index (χ3v) is 6.80. The van der Waals surface area contributed by atoms with E-state index >= 15 is 0 Å². The van der Waals surface area contributed by atoms with Crippen molar-refractivity contribution in [3.8, 4) is 5.75 Å². The average Bonchev–Trinajstić information content (AvgIpc) is 2.90. The van der Waals surface area contributed by atoms with Gasteiger partial charge >= 0.3 is 6.03 Å². The summed E-state index contributed by atoms with van der Waals surface area (Å²) >= 11 is 0. The van der Waals surface area contributed by atoms with Crippen molar-refractivity contribution in [1.29, 1.82) is 0 Å². The van der Waals surface area contributed by atoms with Crippen LogP contribution in [-0.4, -0.2) is 68.8 Å². The van der Waals surface area contributed by atoms with Gasteiger partial charge in [-0.25, -0.2) is 4.79 Å². The largest absolute Gasteiger partial charge is 0.491 e. The molecule has 4 rings (SSSR count). The number of ether oxygens (including phenoxy) is 2. The number of rotatable bonds is 10. The summed E-state index contributed by atoms with van der Waals surface area (Å²) in [5.74, 6) is 0.860. The van der Waals surface area contributed by atoms with Crippen molar-refractivity contribution in [2.75, 3.05) is 46.9 Å². The van der Waals surface area contributed by atoms with Gasteiger partial charge in [-0.3, -0.25) is 0 Å². The molecule has 0 unspecified atom stereocenters. The van der Waals surface area contributed by atoms with Gasteiger partial charge in [0.15, 0.2) is 0 Å². The minimum atomic E-state index is 0.0133. The lowest BCUT2D eigenvalue weighted by molar-refractivity contribution is 0.0894. The summed E-state index contributed by atoms with van der Waals surface area (Å²) in [5, 5.41) is 5.35. The highest BCUT2D eigenvalue weighted by molar-refractivity contribution is 5.91. The van der Waals surface area contributed by atoms with Crippen LogP contribution in [0.5, 0.6) is 5.75 Å². The molecule has 35 heavy (non-hydrogen) atoms. The van der Waals surface area contributed by atoms with Crippen LogP contribution in [0.2, 0.25) is 0 Å². The zero-order valence-corrected chi connectivity index (χ0v) is 20.9. The lowest BCUT2D eigenvalue weighted by atomic mass is 10.0. The molecule has 3 aromatic rings. The summed E-state index contributed by atoms with van der Waals surface area (Å²) in [4.78, 5) is 16.9. The maximum atomic E-state index is 12.7. The van der Waals surface area contributed by atoms with Crippen LogP contribution in [0.3, 0.4) is 0 Å². The smallest absolute Gasteiger partial charge is 0.317 e. The Morgan fingerprint density at radius 2 is 1.69 bits per heavy atom. The van der Waals surface area contributed by atoms with E-state index in [1.807, 2.05) is 48.3 Å². The Hall–Kier alpha value is -3.09. The van der Waals surface area contributed by atoms with Gasteiger partial charge in [-0.15, -0.1) is 0 Å². The molecular weight excluding hydrogens is 438 g/mol. The first-order valence-corrected chi connectivity index (χ1v) is 12.6. The van der Waals surface area contributed by atoms with E-state index < -0.39 is 0 Å². The first-order chi connectivity index (χ1) is 17.1. The minimum Gasteiger partial charge on any atom is -0.491 e. The third-order valence-electron chi connectivity index (χ3n) is 6.80. The van der Waals surface area contributed by atoms with E-state index in [2.05, 4.69) is 47.6 Å². The van der Waals surface area contributed by atoms with Gasteiger partial charge in [-0.2, -0.15) is 0 Å². The molecule has 0 atom stereocenters. The molecule has 2 amide bonds. The lowest BCUT2D eigenvalue weighted by Crippen LogP contribution is -2.48. The molecule has 3 aromatic carbocycles. The van der Waals surface area contributed by atoms with E-state index in [-0.39, 0.29) is 6.03 Å². The first-order valence-electron chi connectivity index (χ1n) is 12.6. The fraction of sp³-hybridized carbons (Fsp3) is 0.414. The summed E-state index contributed by atoms with van der Waals surface area (Å²) in [5.41, 5.74) is 2.36. The maximum Gasteiger partial charge on any atom is 0.317 e. The molecule has 1 aliphatic heterocycles. The van der Waals surface area contributed by atoms with Crippen LogP contribution in [0.1, 0.15) is 24.0 Å². The quantitative estimate of drug-likeness (QED) is 0.432. The molecule has 0 aromatic heterocycles. The predicted octanol–water partition coefficient (Wildman–Crippen LogP) is 4.71. The number of hydrogen-bond donors (Lipinski definition) is 1. The van der Waals surface area contributed by atoms with Gasteiger partial charge in [0.25, 0.3) is 0 Å². The van der Waals surface area contributed by atoms with E-state index in [9.17, 15) is 4.79 Å². The first kappa shape index (κ1) is 25.0. The monoisotopic (exact) mass is 475 g/mol. The number of likely N-dealkylation sites (tertiary alicyclic amines) is 1. The third kappa shape index (κ3) is 6.96. The van der Waals surface area contributed by atoms with Crippen LogP contribution in [0.4, 0.5) is 4.79 Å². The van der Waals surface area contributed by atoms with E-state index in [0.29, 0.717) is 32.4 Å². The van der Waals surface area contributed by atoms with Crippen molar-refractivity contribution in [2.24, 2.45) is 0 Å². The number of urea groups is 1. The van der Waals surface area contributed by atoms with Gasteiger partial charge in [0.1, 0.15) is 12.4 Å². The Labute approximate surface area is 208 Å². The van der Waals surface area contributed by atoms with E-state index in [0.717, 1.165) is 54.4 Å². The summed E-state index contributed by atoms with van der Waals surface area (Å²) in [6, 6.07) is 22.9. The fourth-order valence-electron chi connectivity index (χ4n) is 4.63. The molecule has 186 valence electrons. The van der Waals surface area contributed by atoms with E-state index in [1.54, 1.807) is 0 Å². The Balaban J connectivity index is 1.27. The average molecular weight is 476 g/mol. The number of nitrogens with one attached hydrogen (secondary N) is 1. The van der Waals surface area contributed by atoms with Crippen LogP contribution < -0.4 is 10.1 Å². The van der Waals surface area contributed by atoms with Crippen molar-refractivity contribution >= 4 is 16.8 Å². The molecule has 1 N–H and O–H groups in total. The van der Waals surface area contributed by atoms with Crippen LogP contribution in [0.25, 0.3) is 10.8 Å². The van der Waals surface area contributed by atoms with Crippen molar-refractivity contribution < 1.29 is 14.3 Å². The Morgan fingerprint density at radius 1 is 0.971 bits per heavy atom. The van der Waals surface area contributed by atoms with Gasteiger partial charge in [0, 0.05) is 25.0 Å². The standard InChI is InChI=1S/C29H37N3O3/c1-31-18-15-25(16-19-31)32(2)29(33)30-17-14-24-12-13-28(27-11-7-6-10-26(24)27)35-21-20-34-22-23-8-4-3-5-9-23/h3-13,25H,14-22H2,1-2H3,(H,30,33). The highest BCUT2D eigenvalue weighted by Crippen LogP contribution is 2.29. The second kappa shape index (κ2) is 12.6. The van der Waals surface area contributed by atoms with Crippen molar-refractivity contribution in [3.05, 3.63) is 77.9 Å². The maximum absolute atomic E-state index is 12.7. The second-order valence-electron chi connectivity index (χ2n) is 9.28. The molecule has 0 bridgehead atoms. The zero-order chi connectivity index (χ0) is 24.5. The number of hydrogen-bond acceptors (Lipinski definition) is 4. The number of carbonyl (C=O) groups is 1. The van der Waals surface area contributed by atoms with E-state index in [4.69, 9.17) is 9.47 Å². The number of benzene rings is 3. The number of amides is 2. The van der Waals surface area contributed by atoms with Crippen molar-refractivity contribution in [2.45, 2.75) is 31.9 Å². The van der Waals surface area contributed by atoms with Crippen LogP contribution in [-0.2, 0) is 17.8 Å². The van der Waals surface area contributed by atoms with Crippen molar-refractivity contribution in [1.82, 2.24) is 15.1 Å². The summed E-state index contributed by atoms with van der Waals surface area (Å²) in [7, 11) is 4.05. The van der Waals surface area contributed by atoms with E-state index in [1.165, 1.54) is 5.56 Å². The Kier molecular flexibility index (Phi) is 8.98. The highest BCUT2D eigenvalue weighted by atomic mass is 16.5. The number of piperidine rings is 1. The molecule has 0 radical (unpaired) electrons. The molecule has 1 heterocycles.